The number of aromatic nitrogens is 2. The quantitative estimate of drug-likeness (QED) is 0.653. The van der Waals surface area contributed by atoms with Crippen molar-refractivity contribution < 1.29 is 9.13 Å². The van der Waals surface area contributed by atoms with Gasteiger partial charge in [-0.3, -0.25) is 14.9 Å². The SMILES string of the molecule is CCOCC1(CCc2ccc(F)cn2)CCN(C2(c3cnc(C)cc3C)CC2)C1. The van der Waals surface area contributed by atoms with Gasteiger partial charge in [0.25, 0.3) is 0 Å². The first-order valence-corrected chi connectivity index (χ1v) is 10.8. The van der Waals surface area contributed by atoms with Gasteiger partial charge in [-0.2, -0.15) is 0 Å². The fourth-order valence-electron chi connectivity index (χ4n) is 5.02. The Hall–Kier alpha value is -1.85. The highest BCUT2D eigenvalue weighted by Crippen LogP contribution is 2.55. The molecule has 0 aromatic carbocycles. The highest BCUT2D eigenvalue weighted by Gasteiger charge is 2.54. The lowest BCUT2D eigenvalue weighted by Crippen LogP contribution is -2.38. The molecule has 156 valence electrons. The molecule has 2 aromatic rings. The summed E-state index contributed by atoms with van der Waals surface area (Å²) in [5.41, 5.74) is 5.09. The first-order chi connectivity index (χ1) is 14.0. The van der Waals surface area contributed by atoms with Gasteiger partial charge in [-0.15, -0.1) is 0 Å². The van der Waals surface area contributed by atoms with Crippen LogP contribution in [0.4, 0.5) is 4.39 Å². The molecule has 0 spiro atoms. The van der Waals surface area contributed by atoms with Gasteiger partial charge in [0.2, 0.25) is 0 Å². The molecule has 2 aromatic heterocycles. The zero-order valence-corrected chi connectivity index (χ0v) is 17.9. The molecule has 1 aliphatic heterocycles. The summed E-state index contributed by atoms with van der Waals surface area (Å²) in [5, 5.41) is 0. The first kappa shape index (κ1) is 20.4. The average Bonchev–Trinajstić information content (AvgIpc) is 3.39. The third kappa shape index (κ3) is 4.22. The second-order valence-electron chi connectivity index (χ2n) is 8.95. The van der Waals surface area contributed by atoms with Gasteiger partial charge in [-0.25, -0.2) is 4.39 Å². The second kappa shape index (κ2) is 8.11. The largest absolute Gasteiger partial charge is 0.381 e. The van der Waals surface area contributed by atoms with Gasteiger partial charge in [0, 0.05) is 41.7 Å². The minimum absolute atomic E-state index is 0.133. The molecule has 0 radical (unpaired) electrons. The van der Waals surface area contributed by atoms with Crippen LogP contribution >= 0.6 is 0 Å². The molecule has 2 aliphatic rings. The summed E-state index contributed by atoms with van der Waals surface area (Å²) in [5.74, 6) is -0.275. The normalized spacial score (nSPS) is 23.4. The average molecular weight is 398 g/mol. The van der Waals surface area contributed by atoms with E-state index in [1.54, 1.807) is 6.07 Å². The molecule has 4 rings (SSSR count). The van der Waals surface area contributed by atoms with Gasteiger partial charge < -0.3 is 4.74 Å². The van der Waals surface area contributed by atoms with Crippen molar-refractivity contribution in [1.29, 1.82) is 0 Å². The van der Waals surface area contributed by atoms with Gasteiger partial charge in [-0.1, -0.05) is 0 Å². The Kier molecular flexibility index (Phi) is 5.71. The van der Waals surface area contributed by atoms with Crippen LogP contribution < -0.4 is 0 Å². The highest BCUT2D eigenvalue weighted by molar-refractivity contribution is 5.36. The zero-order valence-electron chi connectivity index (χ0n) is 17.9. The van der Waals surface area contributed by atoms with Crippen LogP contribution in [-0.4, -0.2) is 41.2 Å². The van der Waals surface area contributed by atoms with E-state index in [1.165, 1.54) is 36.2 Å². The van der Waals surface area contributed by atoms with E-state index in [1.807, 2.05) is 0 Å². The minimum atomic E-state index is -0.275. The molecule has 1 saturated heterocycles. The maximum atomic E-state index is 13.2. The van der Waals surface area contributed by atoms with E-state index in [2.05, 4.69) is 47.9 Å². The van der Waals surface area contributed by atoms with E-state index < -0.39 is 0 Å². The molecule has 1 unspecified atom stereocenters. The van der Waals surface area contributed by atoms with Crippen LogP contribution in [0.25, 0.3) is 0 Å². The Labute approximate surface area is 173 Å². The predicted octanol–water partition coefficient (Wildman–Crippen LogP) is 4.58. The summed E-state index contributed by atoms with van der Waals surface area (Å²) in [6, 6.07) is 5.52. The van der Waals surface area contributed by atoms with Gasteiger partial charge in [0.15, 0.2) is 0 Å². The number of nitrogens with zero attached hydrogens (tertiary/aromatic N) is 3. The lowest BCUT2D eigenvalue weighted by molar-refractivity contribution is 0.0441. The number of hydrogen-bond donors (Lipinski definition) is 0. The number of rotatable bonds is 8. The smallest absolute Gasteiger partial charge is 0.141 e. The minimum Gasteiger partial charge on any atom is -0.381 e. The standard InChI is InChI=1S/C24H32FN3O/c1-4-29-17-23(8-7-21-6-5-20(25)14-27-21)11-12-28(16-23)24(9-10-24)22-15-26-19(3)13-18(22)2/h5-6,13-15H,4,7-12,16-17H2,1-3H3. The number of hydrogen-bond acceptors (Lipinski definition) is 4. The lowest BCUT2D eigenvalue weighted by Gasteiger charge is -2.33. The van der Waals surface area contributed by atoms with E-state index in [4.69, 9.17) is 4.74 Å². The van der Waals surface area contributed by atoms with Crippen LogP contribution in [0.15, 0.2) is 30.6 Å². The van der Waals surface area contributed by atoms with Crippen molar-refractivity contribution in [2.45, 2.75) is 58.4 Å². The summed E-state index contributed by atoms with van der Waals surface area (Å²) >= 11 is 0. The van der Waals surface area contributed by atoms with E-state index in [0.29, 0.717) is 0 Å². The van der Waals surface area contributed by atoms with E-state index in [9.17, 15) is 4.39 Å². The number of ether oxygens (including phenoxy) is 1. The highest BCUT2D eigenvalue weighted by atomic mass is 19.1. The fourth-order valence-corrected chi connectivity index (χ4v) is 5.02. The van der Waals surface area contributed by atoms with Crippen molar-refractivity contribution in [2.24, 2.45) is 5.41 Å². The molecular formula is C24H32FN3O. The predicted molar refractivity (Wildman–Crippen MR) is 112 cm³/mol. The molecule has 0 amide bonds. The third-order valence-electron chi connectivity index (χ3n) is 6.83. The van der Waals surface area contributed by atoms with Crippen LogP contribution in [0.5, 0.6) is 0 Å². The topological polar surface area (TPSA) is 38.2 Å². The van der Waals surface area contributed by atoms with Crippen molar-refractivity contribution in [3.05, 3.63) is 58.9 Å². The van der Waals surface area contributed by atoms with Gasteiger partial charge in [0.1, 0.15) is 5.82 Å². The number of pyridine rings is 2. The first-order valence-electron chi connectivity index (χ1n) is 10.8. The summed E-state index contributed by atoms with van der Waals surface area (Å²) in [7, 11) is 0. The Morgan fingerprint density at radius 3 is 2.62 bits per heavy atom. The van der Waals surface area contributed by atoms with Crippen LogP contribution in [-0.2, 0) is 16.7 Å². The molecule has 4 nitrogen and oxygen atoms in total. The maximum Gasteiger partial charge on any atom is 0.141 e. The molecule has 0 N–H and O–H groups in total. The second-order valence-corrected chi connectivity index (χ2v) is 8.95. The van der Waals surface area contributed by atoms with Crippen molar-refractivity contribution in [3.63, 3.8) is 0 Å². The van der Waals surface area contributed by atoms with E-state index in [0.717, 1.165) is 57.0 Å². The maximum absolute atomic E-state index is 13.2. The molecular weight excluding hydrogens is 365 g/mol. The number of likely N-dealkylation sites (tertiary alicyclic amines) is 1. The monoisotopic (exact) mass is 397 g/mol. The molecule has 0 bridgehead atoms. The summed E-state index contributed by atoms with van der Waals surface area (Å²) in [6.45, 7) is 9.99. The molecule has 1 atom stereocenters. The summed E-state index contributed by atoms with van der Waals surface area (Å²) < 4.78 is 19.1. The van der Waals surface area contributed by atoms with Crippen LogP contribution in [0.3, 0.4) is 0 Å². The zero-order chi connectivity index (χ0) is 20.5. The lowest BCUT2D eigenvalue weighted by atomic mass is 9.82. The molecule has 3 heterocycles. The van der Waals surface area contributed by atoms with Crippen molar-refractivity contribution in [2.75, 3.05) is 26.3 Å². The molecule has 1 aliphatic carbocycles. The Morgan fingerprint density at radius 2 is 1.97 bits per heavy atom. The number of halogens is 1. The van der Waals surface area contributed by atoms with Crippen LogP contribution in [0, 0.1) is 25.1 Å². The molecule has 1 saturated carbocycles. The van der Waals surface area contributed by atoms with Crippen LogP contribution in [0.2, 0.25) is 0 Å². The van der Waals surface area contributed by atoms with Gasteiger partial charge >= 0.3 is 0 Å². The Morgan fingerprint density at radius 1 is 1.14 bits per heavy atom. The summed E-state index contributed by atoms with van der Waals surface area (Å²) in [4.78, 5) is 11.5. The third-order valence-corrected chi connectivity index (χ3v) is 6.83. The van der Waals surface area contributed by atoms with Crippen molar-refractivity contribution in [3.8, 4) is 0 Å². The van der Waals surface area contributed by atoms with Gasteiger partial charge in [-0.05, 0) is 88.7 Å². The fraction of sp³-hybridized carbons (Fsp3) is 0.583. The Balaban J connectivity index is 1.50. The molecule has 5 heteroatoms. The summed E-state index contributed by atoms with van der Waals surface area (Å²) in [6.07, 6.45) is 8.85. The Bertz CT molecular complexity index is 850. The molecule has 2 fully saturated rings. The number of aryl methyl sites for hydroxylation is 3. The van der Waals surface area contributed by atoms with Crippen molar-refractivity contribution in [1.82, 2.24) is 14.9 Å². The molecule has 29 heavy (non-hydrogen) atoms. The van der Waals surface area contributed by atoms with Gasteiger partial charge in [0.05, 0.1) is 12.8 Å². The van der Waals surface area contributed by atoms with E-state index >= 15 is 0 Å². The van der Waals surface area contributed by atoms with E-state index in [-0.39, 0.29) is 16.8 Å². The van der Waals surface area contributed by atoms with Crippen molar-refractivity contribution >= 4 is 0 Å². The van der Waals surface area contributed by atoms with Crippen LogP contribution in [0.1, 0.15) is 55.1 Å².